The Morgan fingerprint density at radius 2 is 1.84 bits per heavy atom. The summed E-state index contributed by atoms with van der Waals surface area (Å²) in [6, 6.07) is 11.4. The lowest BCUT2D eigenvalue weighted by atomic mass is 10.00. The van der Waals surface area contributed by atoms with E-state index in [2.05, 4.69) is 5.32 Å². The molecule has 0 unspecified atom stereocenters. The molecule has 44 heavy (non-hydrogen) atoms. The number of para-hydroxylation sites is 1. The number of carboxylic acid groups (broad SMARTS) is 2. The van der Waals surface area contributed by atoms with Crippen LogP contribution in [0.3, 0.4) is 0 Å². The summed E-state index contributed by atoms with van der Waals surface area (Å²) in [7, 11) is 3.10. The van der Waals surface area contributed by atoms with Gasteiger partial charge in [-0.1, -0.05) is 18.2 Å². The second-order valence-electron chi connectivity index (χ2n) is 11.6. The number of hydrogen-bond donors (Lipinski definition) is 3. The van der Waals surface area contributed by atoms with Crippen molar-refractivity contribution in [3.05, 3.63) is 65.2 Å². The highest BCUT2D eigenvalue weighted by molar-refractivity contribution is 6.03. The molecule has 0 saturated carbocycles. The number of carboxylic acids is 2. The Hall–Kier alpha value is -4.84. The molecule has 1 heterocycles. The molecule has 12 heteroatoms. The Kier molecular flexibility index (Phi) is 9.33. The average molecular weight is 608 g/mol. The number of amides is 2. The highest BCUT2D eigenvalue weighted by Gasteiger charge is 2.35. The summed E-state index contributed by atoms with van der Waals surface area (Å²) in [6.07, 6.45) is -0.510. The van der Waals surface area contributed by atoms with Gasteiger partial charge in [0.05, 0.1) is 24.9 Å². The Labute approximate surface area is 255 Å². The number of fused-ring (bicyclic) bond motifs is 2. The van der Waals surface area contributed by atoms with E-state index in [0.29, 0.717) is 22.1 Å². The molecule has 0 saturated heterocycles. The third-order valence-electron chi connectivity index (χ3n) is 7.35. The first-order chi connectivity index (χ1) is 20.7. The van der Waals surface area contributed by atoms with Gasteiger partial charge in [-0.25, -0.2) is 14.4 Å². The van der Waals surface area contributed by atoms with Gasteiger partial charge in [-0.2, -0.15) is 0 Å². The van der Waals surface area contributed by atoms with Crippen molar-refractivity contribution in [3.8, 4) is 11.5 Å². The number of hydrogen-bond acceptors (Lipinski definition) is 8. The van der Waals surface area contributed by atoms with Crippen LogP contribution in [0.1, 0.15) is 54.0 Å². The van der Waals surface area contributed by atoms with E-state index in [-0.39, 0.29) is 54.2 Å². The molecule has 3 aromatic carbocycles. The number of anilines is 1. The van der Waals surface area contributed by atoms with Gasteiger partial charge in [-0.3, -0.25) is 4.79 Å². The summed E-state index contributed by atoms with van der Waals surface area (Å²) in [6.45, 7) is 7.15. The van der Waals surface area contributed by atoms with E-state index >= 15 is 0 Å². The van der Waals surface area contributed by atoms with E-state index in [1.165, 1.54) is 41.2 Å². The van der Waals surface area contributed by atoms with E-state index in [0.717, 1.165) is 0 Å². The molecular weight excluding hydrogens is 570 g/mol. The topological polar surface area (TPSA) is 155 Å². The first-order valence-corrected chi connectivity index (χ1v) is 14.0. The number of methoxy groups -OCH3 is 1. The second kappa shape index (κ2) is 12.8. The van der Waals surface area contributed by atoms with Crippen LogP contribution in [0.4, 0.5) is 10.5 Å². The number of carbonyl (C=O) groups excluding carboxylic acids is 2. The number of ether oxygens (including phenoxy) is 3. The molecule has 0 spiro atoms. The summed E-state index contributed by atoms with van der Waals surface area (Å²) in [5, 5.41) is 23.9. The van der Waals surface area contributed by atoms with Crippen LogP contribution >= 0.6 is 0 Å². The van der Waals surface area contributed by atoms with Gasteiger partial charge >= 0.3 is 18.0 Å². The van der Waals surface area contributed by atoms with Crippen molar-refractivity contribution in [2.45, 2.75) is 51.9 Å². The van der Waals surface area contributed by atoms with Gasteiger partial charge in [0.1, 0.15) is 29.6 Å². The SMILES string of the molecule is COc1ccc2cc(C(=O)O)ccc2c1CN1C(=O)[C@@H](NC[C@H](C)N(C)C(=O)OC(C)(C)C)COc2c(C(=O)O)cccc21. The zero-order valence-electron chi connectivity index (χ0n) is 25.5. The smallest absolute Gasteiger partial charge is 0.410 e. The first kappa shape index (κ1) is 32.1. The van der Waals surface area contributed by atoms with Crippen molar-refractivity contribution in [1.82, 2.24) is 10.2 Å². The van der Waals surface area contributed by atoms with Crippen molar-refractivity contribution < 1.29 is 43.6 Å². The number of aromatic carboxylic acids is 2. The van der Waals surface area contributed by atoms with Crippen molar-refractivity contribution in [3.63, 3.8) is 0 Å². The highest BCUT2D eigenvalue weighted by atomic mass is 16.6. The standard InChI is InChI=1S/C32H37N3O9/c1-18(34(5)31(41)44-32(2,3)4)15-33-24-17-43-27-22(30(39)40)8-7-9-25(27)35(28(24)36)16-23-21-12-10-20(29(37)38)14-19(21)11-13-26(23)42-6/h7-14,18,24,33H,15-17H2,1-6H3,(H,37,38)(H,39,40)/t18-,24-/m0/s1. The average Bonchev–Trinajstić information content (AvgIpc) is 3.10. The molecule has 234 valence electrons. The lowest BCUT2D eigenvalue weighted by Gasteiger charge is -2.30. The van der Waals surface area contributed by atoms with Gasteiger partial charge in [0, 0.05) is 25.2 Å². The minimum Gasteiger partial charge on any atom is -0.496 e. The highest BCUT2D eigenvalue weighted by Crippen LogP contribution is 2.38. The van der Waals surface area contributed by atoms with Crippen LogP contribution in [0, 0.1) is 0 Å². The molecule has 2 atom stereocenters. The largest absolute Gasteiger partial charge is 0.496 e. The molecular formula is C32H37N3O9. The lowest BCUT2D eigenvalue weighted by molar-refractivity contribution is -0.121. The van der Waals surface area contributed by atoms with E-state index in [1.54, 1.807) is 59.0 Å². The maximum atomic E-state index is 14.2. The molecule has 0 aromatic heterocycles. The fraction of sp³-hybridized carbons (Fsp3) is 0.375. The zero-order valence-corrected chi connectivity index (χ0v) is 25.5. The summed E-state index contributed by atoms with van der Waals surface area (Å²) in [4.78, 5) is 53.3. The lowest BCUT2D eigenvalue weighted by Crippen LogP contribution is -2.52. The molecule has 0 bridgehead atoms. The number of nitrogens with one attached hydrogen (secondary N) is 1. The van der Waals surface area contributed by atoms with E-state index in [4.69, 9.17) is 14.2 Å². The van der Waals surface area contributed by atoms with Gasteiger partial charge in [-0.15, -0.1) is 0 Å². The van der Waals surface area contributed by atoms with Crippen molar-refractivity contribution >= 4 is 40.4 Å². The molecule has 0 fully saturated rings. The zero-order chi connectivity index (χ0) is 32.3. The van der Waals surface area contributed by atoms with Crippen molar-refractivity contribution in [1.29, 1.82) is 0 Å². The van der Waals surface area contributed by atoms with Gasteiger partial charge < -0.3 is 39.5 Å². The number of nitrogens with zero attached hydrogens (tertiary/aromatic N) is 2. The van der Waals surface area contributed by atoms with Crippen LogP contribution in [0.2, 0.25) is 0 Å². The monoisotopic (exact) mass is 607 g/mol. The van der Waals surface area contributed by atoms with Gasteiger partial charge in [0.15, 0.2) is 5.75 Å². The van der Waals surface area contributed by atoms with Crippen LogP contribution in [0.5, 0.6) is 11.5 Å². The fourth-order valence-electron chi connectivity index (χ4n) is 4.89. The van der Waals surface area contributed by atoms with Crippen molar-refractivity contribution in [2.24, 2.45) is 0 Å². The van der Waals surface area contributed by atoms with E-state index in [9.17, 15) is 29.4 Å². The Morgan fingerprint density at radius 3 is 2.48 bits per heavy atom. The molecule has 0 aliphatic carbocycles. The molecule has 0 radical (unpaired) electrons. The minimum atomic E-state index is -1.21. The Balaban J connectivity index is 1.71. The van der Waals surface area contributed by atoms with Gasteiger partial charge in [-0.05, 0) is 68.8 Å². The minimum absolute atomic E-state index is 0.0310. The Bertz CT molecular complexity index is 1600. The van der Waals surface area contributed by atoms with Crippen molar-refractivity contribution in [2.75, 3.05) is 32.2 Å². The third-order valence-corrected chi connectivity index (χ3v) is 7.35. The van der Waals surface area contributed by atoms with E-state index in [1.807, 2.05) is 0 Å². The normalized spacial score (nSPS) is 15.5. The number of carbonyl (C=O) groups is 4. The summed E-state index contributed by atoms with van der Waals surface area (Å²) < 4.78 is 17.1. The number of likely N-dealkylation sites (N-methyl/N-ethyl adjacent to an activating group) is 1. The van der Waals surface area contributed by atoms with Crippen LogP contribution in [0.15, 0.2) is 48.5 Å². The van der Waals surface area contributed by atoms with Crippen LogP contribution in [-0.2, 0) is 16.1 Å². The van der Waals surface area contributed by atoms with Crippen LogP contribution in [0.25, 0.3) is 10.8 Å². The van der Waals surface area contributed by atoms with Crippen LogP contribution < -0.4 is 19.7 Å². The third kappa shape index (κ3) is 6.86. The molecule has 3 aromatic rings. The molecule has 12 nitrogen and oxygen atoms in total. The predicted molar refractivity (Wildman–Crippen MR) is 163 cm³/mol. The Morgan fingerprint density at radius 1 is 1.11 bits per heavy atom. The maximum absolute atomic E-state index is 14.2. The molecule has 3 N–H and O–H groups in total. The summed E-state index contributed by atoms with van der Waals surface area (Å²) in [5.41, 5.74) is 0.198. The summed E-state index contributed by atoms with van der Waals surface area (Å²) in [5.74, 6) is -2.16. The van der Waals surface area contributed by atoms with Gasteiger partial charge in [0.2, 0.25) is 5.91 Å². The molecule has 1 aliphatic heterocycles. The van der Waals surface area contributed by atoms with Gasteiger partial charge in [0.25, 0.3) is 0 Å². The summed E-state index contributed by atoms with van der Waals surface area (Å²) >= 11 is 0. The molecule has 1 aliphatic rings. The predicted octanol–water partition coefficient (Wildman–Crippen LogP) is 4.38. The number of benzene rings is 3. The molecule has 4 rings (SSSR count). The molecule has 2 amide bonds. The first-order valence-electron chi connectivity index (χ1n) is 14.0. The fourth-order valence-corrected chi connectivity index (χ4v) is 4.89. The maximum Gasteiger partial charge on any atom is 0.410 e. The number of rotatable bonds is 9. The van der Waals surface area contributed by atoms with E-state index < -0.39 is 29.7 Å². The van der Waals surface area contributed by atoms with Crippen LogP contribution in [-0.4, -0.2) is 84.0 Å². The quantitative estimate of drug-likeness (QED) is 0.319. The second-order valence-corrected chi connectivity index (χ2v) is 11.6.